The van der Waals surface area contributed by atoms with E-state index in [0.29, 0.717) is 0 Å². The molecule has 0 saturated carbocycles. The smallest absolute Gasteiger partial charge is 0.319 e. The fraction of sp³-hybridized carbons (Fsp3) is 0.636. The van der Waals surface area contributed by atoms with Gasteiger partial charge in [0, 0.05) is 0 Å². The summed E-state index contributed by atoms with van der Waals surface area (Å²) < 4.78 is 9.12. The minimum absolute atomic E-state index is 0.280. The summed E-state index contributed by atoms with van der Waals surface area (Å²) in [5.74, 6) is -4.70. The van der Waals surface area contributed by atoms with Gasteiger partial charge in [-0.3, -0.25) is 19.2 Å². The Morgan fingerprint density at radius 1 is 0.842 bits per heavy atom. The Balaban J connectivity index is 4.10. The predicted molar refractivity (Wildman–Crippen MR) is 63.5 cm³/mol. The number of carbonyl (C=O) groups is 4. The van der Waals surface area contributed by atoms with Gasteiger partial charge in [-0.1, -0.05) is 0 Å². The quantitative estimate of drug-likeness (QED) is 0.305. The van der Waals surface area contributed by atoms with Crippen molar-refractivity contribution < 1.29 is 28.7 Å². The lowest BCUT2D eigenvalue weighted by Crippen LogP contribution is -2.31. The van der Waals surface area contributed by atoms with Crippen LogP contribution in [-0.4, -0.2) is 43.4 Å². The van der Waals surface area contributed by atoms with Crippen LogP contribution in [0, 0.1) is 11.8 Å². The van der Waals surface area contributed by atoms with Gasteiger partial charge in [0.15, 0.2) is 11.6 Å². The molecule has 0 amide bonds. The first-order valence-corrected chi connectivity index (χ1v) is 5.64. The fourth-order valence-electron chi connectivity index (χ4n) is 1.01. The summed E-state index contributed by atoms with van der Waals surface area (Å²) in [6.07, 6.45) is 0. The number of hydrogen-bond acceptors (Lipinski definition) is 8. The molecule has 2 unspecified atom stereocenters. The highest BCUT2D eigenvalue weighted by atomic mass is 16.7. The van der Waals surface area contributed by atoms with Crippen molar-refractivity contribution in [3.8, 4) is 0 Å². The lowest BCUT2D eigenvalue weighted by molar-refractivity contribution is -0.172. The SMILES string of the molecule is CC(C(=O)CN)C(=O)OCOC(=O)C(C)C(=O)CN. The van der Waals surface area contributed by atoms with Gasteiger partial charge in [0.25, 0.3) is 0 Å². The third-order valence-corrected chi connectivity index (χ3v) is 2.48. The molecule has 0 radical (unpaired) electrons. The Bertz CT molecular complexity index is 334. The molecule has 0 aromatic carbocycles. The second kappa shape index (κ2) is 8.33. The van der Waals surface area contributed by atoms with Crippen molar-refractivity contribution in [2.45, 2.75) is 13.8 Å². The number of Topliss-reactive ketones (excluding diaryl/α,β-unsaturated/α-hetero) is 2. The van der Waals surface area contributed by atoms with E-state index in [2.05, 4.69) is 9.47 Å². The molecule has 0 aromatic heterocycles. The van der Waals surface area contributed by atoms with E-state index in [4.69, 9.17) is 11.5 Å². The molecule has 4 N–H and O–H groups in total. The molecule has 8 heteroatoms. The number of nitrogens with two attached hydrogens (primary N) is 2. The molecule has 0 fully saturated rings. The highest BCUT2D eigenvalue weighted by molar-refractivity contribution is 6.00. The molecule has 19 heavy (non-hydrogen) atoms. The van der Waals surface area contributed by atoms with Crippen LogP contribution in [0.15, 0.2) is 0 Å². The largest absolute Gasteiger partial charge is 0.427 e. The van der Waals surface area contributed by atoms with E-state index in [9.17, 15) is 19.2 Å². The molecule has 0 aliphatic rings. The summed E-state index contributed by atoms with van der Waals surface area (Å²) in [6, 6.07) is 0. The summed E-state index contributed by atoms with van der Waals surface area (Å²) in [5, 5.41) is 0. The van der Waals surface area contributed by atoms with Gasteiger partial charge in [0.2, 0.25) is 6.79 Å². The molecular weight excluding hydrogens is 256 g/mol. The van der Waals surface area contributed by atoms with Crippen LogP contribution in [-0.2, 0) is 28.7 Å². The molecular formula is C11H18N2O6. The molecule has 0 aliphatic heterocycles. The molecule has 0 heterocycles. The summed E-state index contributed by atoms with van der Waals surface area (Å²) >= 11 is 0. The number of rotatable bonds is 8. The first kappa shape index (κ1) is 17.2. The molecule has 0 saturated heterocycles. The normalized spacial score (nSPS) is 13.3. The van der Waals surface area contributed by atoms with Crippen LogP contribution >= 0.6 is 0 Å². The lowest BCUT2D eigenvalue weighted by atomic mass is 10.1. The van der Waals surface area contributed by atoms with E-state index < -0.39 is 42.1 Å². The summed E-state index contributed by atoms with van der Waals surface area (Å²) in [4.78, 5) is 44.8. The maximum Gasteiger partial charge on any atom is 0.319 e. The topological polar surface area (TPSA) is 139 Å². The highest BCUT2D eigenvalue weighted by Crippen LogP contribution is 2.02. The average molecular weight is 274 g/mol. The third kappa shape index (κ3) is 5.58. The van der Waals surface area contributed by atoms with Crippen molar-refractivity contribution in [3.63, 3.8) is 0 Å². The molecule has 0 aromatic rings. The first-order valence-electron chi connectivity index (χ1n) is 5.64. The Labute approximate surface area is 110 Å². The van der Waals surface area contributed by atoms with Gasteiger partial charge in [0.1, 0.15) is 11.8 Å². The van der Waals surface area contributed by atoms with Gasteiger partial charge < -0.3 is 20.9 Å². The zero-order chi connectivity index (χ0) is 15.0. The van der Waals surface area contributed by atoms with E-state index >= 15 is 0 Å². The zero-order valence-electron chi connectivity index (χ0n) is 10.9. The van der Waals surface area contributed by atoms with E-state index in [1.807, 2.05) is 0 Å². The van der Waals surface area contributed by atoms with Crippen LogP contribution < -0.4 is 11.5 Å². The maximum absolute atomic E-state index is 11.3. The maximum atomic E-state index is 11.3. The predicted octanol–water partition coefficient (Wildman–Crippen LogP) is -1.64. The number of esters is 2. The zero-order valence-corrected chi connectivity index (χ0v) is 10.9. The summed E-state index contributed by atoms with van der Waals surface area (Å²) in [6.45, 7) is 1.44. The number of carbonyl (C=O) groups excluding carboxylic acids is 4. The molecule has 8 nitrogen and oxygen atoms in total. The number of ketones is 2. The van der Waals surface area contributed by atoms with E-state index in [-0.39, 0.29) is 13.1 Å². The van der Waals surface area contributed by atoms with E-state index in [1.165, 1.54) is 13.8 Å². The second-order valence-electron chi connectivity index (χ2n) is 3.83. The van der Waals surface area contributed by atoms with Gasteiger partial charge in [0.05, 0.1) is 13.1 Å². The van der Waals surface area contributed by atoms with E-state index in [0.717, 1.165) is 0 Å². The number of hydrogen-bond donors (Lipinski definition) is 2. The van der Waals surface area contributed by atoms with Crippen molar-refractivity contribution in [2.24, 2.45) is 23.3 Å². The first-order chi connectivity index (χ1) is 8.84. The minimum atomic E-state index is -1.02. The number of ether oxygens (including phenoxy) is 2. The standard InChI is InChI=1S/C11H18N2O6/c1-6(8(14)3-12)10(16)18-5-19-11(17)7(2)9(15)4-13/h6-7H,3-5,12-13H2,1-2H3. The van der Waals surface area contributed by atoms with Crippen molar-refractivity contribution in [2.75, 3.05) is 19.9 Å². The van der Waals surface area contributed by atoms with Crippen molar-refractivity contribution in [3.05, 3.63) is 0 Å². The average Bonchev–Trinajstić information content (AvgIpc) is 2.43. The second-order valence-corrected chi connectivity index (χ2v) is 3.83. The Hall–Kier alpha value is -1.80. The van der Waals surface area contributed by atoms with Crippen LogP contribution in [0.25, 0.3) is 0 Å². The van der Waals surface area contributed by atoms with Gasteiger partial charge in [-0.15, -0.1) is 0 Å². The molecule has 2 atom stereocenters. The Kier molecular flexibility index (Phi) is 7.54. The summed E-state index contributed by atoms with van der Waals surface area (Å²) in [5.41, 5.74) is 10.2. The molecule has 0 spiro atoms. The van der Waals surface area contributed by atoms with Gasteiger partial charge in [-0.25, -0.2) is 0 Å². The van der Waals surface area contributed by atoms with Crippen molar-refractivity contribution in [1.82, 2.24) is 0 Å². The fourth-order valence-corrected chi connectivity index (χ4v) is 1.01. The van der Waals surface area contributed by atoms with Crippen LogP contribution in [0.5, 0.6) is 0 Å². The molecule has 0 rings (SSSR count). The molecule has 108 valence electrons. The van der Waals surface area contributed by atoms with Crippen molar-refractivity contribution in [1.29, 1.82) is 0 Å². The van der Waals surface area contributed by atoms with Crippen LogP contribution in [0.4, 0.5) is 0 Å². The third-order valence-electron chi connectivity index (χ3n) is 2.48. The lowest BCUT2D eigenvalue weighted by Gasteiger charge is -2.12. The monoisotopic (exact) mass is 274 g/mol. The Morgan fingerprint density at radius 2 is 1.16 bits per heavy atom. The van der Waals surface area contributed by atoms with Crippen LogP contribution in [0.3, 0.4) is 0 Å². The summed E-state index contributed by atoms with van der Waals surface area (Å²) in [7, 11) is 0. The van der Waals surface area contributed by atoms with Gasteiger partial charge >= 0.3 is 11.9 Å². The minimum Gasteiger partial charge on any atom is -0.427 e. The van der Waals surface area contributed by atoms with Crippen LogP contribution in [0.2, 0.25) is 0 Å². The van der Waals surface area contributed by atoms with Crippen LogP contribution in [0.1, 0.15) is 13.8 Å². The van der Waals surface area contributed by atoms with Gasteiger partial charge in [-0.2, -0.15) is 0 Å². The van der Waals surface area contributed by atoms with Crippen molar-refractivity contribution >= 4 is 23.5 Å². The van der Waals surface area contributed by atoms with Gasteiger partial charge in [-0.05, 0) is 13.8 Å². The molecule has 0 bridgehead atoms. The Morgan fingerprint density at radius 3 is 1.42 bits per heavy atom. The van der Waals surface area contributed by atoms with E-state index in [1.54, 1.807) is 0 Å². The molecule has 0 aliphatic carbocycles. The highest BCUT2D eigenvalue weighted by Gasteiger charge is 2.24.